The Morgan fingerprint density at radius 3 is 2.32 bits per heavy atom. The van der Waals surface area contributed by atoms with E-state index in [9.17, 15) is 4.79 Å². The predicted octanol–water partition coefficient (Wildman–Crippen LogP) is 4.33. The first-order chi connectivity index (χ1) is 12.2. The van der Waals surface area contributed by atoms with Crippen LogP contribution in [0.1, 0.15) is 30.5 Å². The summed E-state index contributed by atoms with van der Waals surface area (Å²) in [5.41, 5.74) is 4.95. The summed E-state index contributed by atoms with van der Waals surface area (Å²) in [6, 6.07) is 20.5. The number of carbonyl (C=O) groups excluding carboxylic acids is 1. The highest BCUT2D eigenvalue weighted by molar-refractivity contribution is 5.82. The van der Waals surface area contributed by atoms with Gasteiger partial charge in [0.1, 0.15) is 0 Å². The fraction of sp³-hybridized carbons (Fsp3) is 0.238. The lowest BCUT2D eigenvalue weighted by Gasteiger charge is -2.38. The summed E-state index contributed by atoms with van der Waals surface area (Å²) >= 11 is 0. The summed E-state index contributed by atoms with van der Waals surface area (Å²) < 4.78 is 0. The van der Waals surface area contributed by atoms with Crippen molar-refractivity contribution in [2.45, 2.75) is 19.4 Å². The number of benzene rings is 2. The maximum absolute atomic E-state index is 12.8. The minimum atomic E-state index is -0.00721. The van der Waals surface area contributed by atoms with Gasteiger partial charge in [0.2, 0.25) is 0 Å². The summed E-state index contributed by atoms with van der Waals surface area (Å²) in [5, 5.41) is 5.95. The molecule has 0 radical (unpaired) electrons. The zero-order valence-corrected chi connectivity index (χ0v) is 14.3. The SMILES string of the molecule is CC(=C1CN(C(=O)N2N=CCC2c2ccccc2)C1)c1ccccc1. The number of hydrogen-bond acceptors (Lipinski definition) is 2. The Hall–Kier alpha value is -2.88. The lowest BCUT2D eigenvalue weighted by Crippen LogP contribution is -2.50. The monoisotopic (exact) mass is 331 g/mol. The first kappa shape index (κ1) is 15.6. The van der Waals surface area contributed by atoms with E-state index in [4.69, 9.17) is 0 Å². The van der Waals surface area contributed by atoms with E-state index >= 15 is 0 Å². The van der Waals surface area contributed by atoms with Crippen LogP contribution < -0.4 is 0 Å². The quantitative estimate of drug-likeness (QED) is 0.807. The molecule has 126 valence electrons. The molecule has 0 spiro atoms. The summed E-state index contributed by atoms with van der Waals surface area (Å²) in [6.07, 6.45) is 2.61. The van der Waals surface area contributed by atoms with Crippen molar-refractivity contribution < 1.29 is 4.79 Å². The molecule has 25 heavy (non-hydrogen) atoms. The van der Waals surface area contributed by atoms with Gasteiger partial charge in [-0.05, 0) is 29.2 Å². The first-order valence-corrected chi connectivity index (χ1v) is 8.63. The number of amides is 2. The van der Waals surface area contributed by atoms with Gasteiger partial charge in [0.25, 0.3) is 0 Å². The Morgan fingerprint density at radius 1 is 1.00 bits per heavy atom. The number of rotatable bonds is 2. The number of likely N-dealkylation sites (tertiary alicyclic amines) is 1. The Kier molecular flexibility index (Phi) is 4.10. The molecule has 2 amide bonds. The number of hydrogen-bond donors (Lipinski definition) is 0. The van der Waals surface area contributed by atoms with Gasteiger partial charge in [0, 0.05) is 25.7 Å². The molecule has 0 saturated carbocycles. The smallest absolute Gasteiger partial charge is 0.315 e. The molecule has 1 saturated heterocycles. The van der Waals surface area contributed by atoms with Crippen molar-refractivity contribution in [3.05, 3.63) is 77.4 Å². The molecule has 2 aliphatic heterocycles. The van der Waals surface area contributed by atoms with Gasteiger partial charge in [-0.1, -0.05) is 60.7 Å². The molecule has 4 nitrogen and oxygen atoms in total. The Labute approximate surface area is 148 Å². The average molecular weight is 331 g/mol. The fourth-order valence-corrected chi connectivity index (χ4v) is 3.37. The topological polar surface area (TPSA) is 35.9 Å². The molecule has 0 N–H and O–H groups in total. The Bertz CT molecular complexity index is 819. The standard InChI is InChI=1S/C21H21N3O/c1-16(17-8-4-2-5-9-17)19-14-23(15-19)21(25)24-20(12-13-22-24)18-10-6-3-7-11-18/h2-11,13,20H,12,14-15H2,1H3. The van der Waals surface area contributed by atoms with Crippen LogP contribution in [0.4, 0.5) is 4.79 Å². The van der Waals surface area contributed by atoms with E-state index in [-0.39, 0.29) is 12.1 Å². The highest BCUT2D eigenvalue weighted by atomic mass is 16.2. The van der Waals surface area contributed by atoms with Gasteiger partial charge in [-0.3, -0.25) is 0 Å². The number of hydrazone groups is 1. The summed E-state index contributed by atoms with van der Waals surface area (Å²) in [6.45, 7) is 3.51. The van der Waals surface area contributed by atoms with Crippen LogP contribution in [0.5, 0.6) is 0 Å². The van der Waals surface area contributed by atoms with Gasteiger partial charge in [-0.25, -0.2) is 9.80 Å². The second kappa shape index (κ2) is 6.55. The van der Waals surface area contributed by atoms with Gasteiger partial charge < -0.3 is 4.90 Å². The van der Waals surface area contributed by atoms with Crippen molar-refractivity contribution in [1.29, 1.82) is 0 Å². The predicted molar refractivity (Wildman–Crippen MR) is 100 cm³/mol. The van der Waals surface area contributed by atoms with Crippen LogP contribution in [-0.2, 0) is 0 Å². The molecule has 2 heterocycles. The number of carbonyl (C=O) groups is 1. The summed E-state index contributed by atoms with van der Waals surface area (Å²) in [5.74, 6) is 0. The van der Waals surface area contributed by atoms with E-state index < -0.39 is 0 Å². The Morgan fingerprint density at radius 2 is 1.64 bits per heavy atom. The third-order valence-electron chi connectivity index (χ3n) is 4.98. The highest BCUT2D eigenvalue weighted by Gasteiger charge is 2.35. The van der Waals surface area contributed by atoms with Gasteiger partial charge in [-0.2, -0.15) is 5.10 Å². The molecule has 0 aliphatic carbocycles. The molecule has 1 fully saturated rings. The van der Waals surface area contributed by atoms with Gasteiger partial charge >= 0.3 is 6.03 Å². The van der Waals surface area contributed by atoms with E-state index in [0.717, 1.165) is 12.0 Å². The maximum Gasteiger partial charge on any atom is 0.341 e. The lowest BCUT2D eigenvalue weighted by atomic mass is 9.96. The van der Waals surface area contributed by atoms with Crippen molar-refractivity contribution in [2.75, 3.05) is 13.1 Å². The average Bonchev–Trinajstić information content (AvgIpc) is 3.11. The molecular weight excluding hydrogens is 310 g/mol. The van der Waals surface area contributed by atoms with Crippen LogP contribution in [0.2, 0.25) is 0 Å². The van der Waals surface area contributed by atoms with Gasteiger partial charge in [0.05, 0.1) is 6.04 Å². The number of urea groups is 1. The fourth-order valence-electron chi connectivity index (χ4n) is 3.37. The van der Waals surface area contributed by atoms with Crippen LogP contribution in [0.3, 0.4) is 0 Å². The number of allylic oxidation sites excluding steroid dienone is 1. The largest absolute Gasteiger partial charge is 0.341 e. The van der Waals surface area contributed by atoms with Crippen molar-refractivity contribution in [3.8, 4) is 0 Å². The van der Waals surface area contributed by atoms with Crippen molar-refractivity contribution in [2.24, 2.45) is 5.10 Å². The Balaban J connectivity index is 1.46. The van der Waals surface area contributed by atoms with Crippen LogP contribution in [0.25, 0.3) is 5.57 Å². The maximum atomic E-state index is 12.8. The van der Waals surface area contributed by atoms with Crippen molar-refractivity contribution >= 4 is 17.8 Å². The third-order valence-corrected chi connectivity index (χ3v) is 4.98. The molecule has 1 unspecified atom stereocenters. The van der Waals surface area contributed by atoms with Crippen molar-refractivity contribution in [1.82, 2.24) is 9.91 Å². The molecule has 4 heteroatoms. The van der Waals surface area contributed by atoms with E-state index in [1.54, 1.807) is 5.01 Å². The zero-order valence-electron chi connectivity index (χ0n) is 14.3. The molecule has 2 aromatic rings. The third kappa shape index (κ3) is 2.95. The summed E-state index contributed by atoms with van der Waals surface area (Å²) in [4.78, 5) is 14.7. The van der Waals surface area contributed by atoms with E-state index in [2.05, 4.69) is 36.3 Å². The number of nitrogens with zero attached hydrogens (tertiary/aromatic N) is 3. The molecule has 4 rings (SSSR count). The minimum absolute atomic E-state index is 0.00721. The zero-order chi connectivity index (χ0) is 17.2. The molecule has 0 aromatic heterocycles. The molecule has 0 bridgehead atoms. The second-order valence-electron chi connectivity index (χ2n) is 6.54. The van der Waals surface area contributed by atoms with Crippen LogP contribution in [0, 0.1) is 0 Å². The lowest BCUT2D eigenvalue weighted by molar-refractivity contribution is 0.136. The van der Waals surface area contributed by atoms with Crippen LogP contribution in [-0.4, -0.2) is 35.2 Å². The summed E-state index contributed by atoms with van der Waals surface area (Å²) in [7, 11) is 0. The normalized spacial score (nSPS) is 19.1. The van der Waals surface area contributed by atoms with Crippen LogP contribution >= 0.6 is 0 Å². The minimum Gasteiger partial charge on any atom is -0.315 e. The molecular formula is C21H21N3O. The van der Waals surface area contributed by atoms with Crippen molar-refractivity contribution in [3.63, 3.8) is 0 Å². The molecule has 2 aromatic carbocycles. The van der Waals surface area contributed by atoms with E-state index in [1.165, 1.54) is 16.7 Å². The van der Waals surface area contributed by atoms with E-state index in [1.807, 2.05) is 47.5 Å². The highest BCUT2D eigenvalue weighted by Crippen LogP contribution is 2.32. The molecule has 2 aliphatic rings. The van der Waals surface area contributed by atoms with E-state index in [0.29, 0.717) is 13.1 Å². The first-order valence-electron chi connectivity index (χ1n) is 8.63. The van der Waals surface area contributed by atoms with Gasteiger partial charge in [-0.15, -0.1) is 0 Å². The second-order valence-corrected chi connectivity index (χ2v) is 6.54. The van der Waals surface area contributed by atoms with Gasteiger partial charge in [0.15, 0.2) is 0 Å². The van der Waals surface area contributed by atoms with Crippen LogP contribution in [0.15, 0.2) is 71.3 Å². The molecule has 1 atom stereocenters.